The van der Waals surface area contributed by atoms with Crippen molar-refractivity contribution < 1.29 is 9.47 Å². The molecule has 4 nitrogen and oxygen atoms in total. The van der Waals surface area contributed by atoms with Crippen LogP contribution in [-0.2, 0) is 0 Å². The first-order valence-electron chi connectivity index (χ1n) is 7.41. The van der Waals surface area contributed by atoms with E-state index < -0.39 is 0 Å². The van der Waals surface area contributed by atoms with E-state index in [9.17, 15) is 0 Å². The molecule has 0 spiro atoms. The van der Waals surface area contributed by atoms with Gasteiger partial charge in [0.25, 0.3) is 0 Å². The Morgan fingerprint density at radius 3 is 2.62 bits per heavy atom. The van der Waals surface area contributed by atoms with E-state index in [-0.39, 0.29) is 6.04 Å². The number of hydrogen-bond donors (Lipinski definition) is 1. The summed E-state index contributed by atoms with van der Waals surface area (Å²) in [5, 5.41) is 0.632. The average molecular weight is 310 g/mol. The Balaban J connectivity index is 2.28. The third-order valence-corrected chi connectivity index (χ3v) is 5.69. The van der Waals surface area contributed by atoms with E-state index in [0.717, 1.165) is 23.8 Å². The fraction of sp³-hybridized carbons (Fsp3) is 0.625. The van der Waals surface area contributed by atoms with Crippen LogP contribution < -0.4 is 15.2 Å². The Labute approximate surface area is 132 Å². The largest absolute Gasteiger partial charge is 0.493 e. The summed E-state index contributed by atoms with van der Waals surface area (Å²) in [6, 6.07) is 6.85. The molecule has 1 aliphatic rings. The summed E-state index contributed by atoms with van der Waals surface area (Å²) in [6.07, 6.45) is 0. The molecule has 1 heterocycles. The number of nitrogens with zero attached hydrogens (tertiary/aromatic N) is 1. The van der Waals surface area contributed by atoms with Crippen LogP contribution in [0, 0.1) is 0 Å². The number of benzene rings is 1. The number of methoxy groups -OCH3 is 2. The van der Waals surface area contributed by atoms with Gasteiger partial charge in [-0.15, -0.1) is 0 Å². The highest BCUT2D eigenvalue weighted by atomic mass is 32.2. The monoisotopic (exact) mass is 310 g/mol. The SMILES string of the molecule is COc1ccc(C(CN)N2CCSC(C)C2C)cc1OC. The predicted octanol–water partition coefficient (Wildman–Crippen LogP) is 2.53. The second-order valence-electron chi connectivity index (χ2n) is 5.42. The van der Waals surface area contributed by atoms with Crippen LogP contribution in [0.4, 0.5) is 0 Å². The Kier molecular flexibility index (Phi) is 5.79. The van der Waals surface area contributed by atoms with Crippen LogP contribution in [0.3, 0.4) is 0 Å². The molecule has 0 aromatic heterocycles. The molecule has 3 atom stereocenters. The summed E-state index contributed by atoms with van der Waals surface area (Å²) in [6.45, 7) is 6.27. The topological polar surface area (TPSA) is 47.7 Å². The van der Waals surface area contributed by atoms with Gasteiger partial charge in [0.1, 0.15) is 0 Å². The average Bonchev–Trinajstić information content (AvgIpc) is 2.51. The molecule has 0 amide bonds. The van der Waals surface area contributed by atoms with Gasteiger partial charge in [-0.2, -0.15) is 11.8 Å². The molecular formula is C16H26N2O2S. The van der Waals surface area contributed by atoms with Crippen LogP contribution in [0.5, 0.6) is 11.5 Å². The zero-order valence-electron chi connectivity index (χ0n) is 13.3. The fourth-order valence-electron chi connectivity index (χ4n) is 2.92. The predicted molar refractivity (Wildman–Crippen MR) is 89.4 cm³/mol. The quantitative estimate of drug-likeness (QED) is 0.905. The van der Waals surface area contributed by atoms with Crippen LogP contribution in [0.15, 0.2) is 18.2 Å². The van der Waals surface area contributed by atoms with Gasteiger partial charge >= 0.3 is 0 Å². The molecule has 1 aromatic rings. The maximum absolute atomic E-state index is 6.08. The van der Waals surface area contributed by atoms with Gasteiger partial charge in [-0.05, 0) is 24.6 Å². The van der Waals surface area contributed by atoms with Crippen molar-refractivity contribution >= 4 is 11.8 Å². The van der Waals surface area contributed by atoms with Crippen molar-refractivity contribution in [1.29, 1.82) is 0 Å². The van der Waals surface area contributed by atoms with Crippen LogP contribution in [-0.4, -0.2) is 49.3 Å². The van der Waals surface area contributed by atoms with Gasteiger partial charge in [-0.1, -0.05) is 13.0 Å². The highest BCUT2D eigenvalue weighted by molar-refractivity contribution is 8.00. The summed E-state index contributed by atoms with van der Waals surface area (Å²) < 4.78 is 10.7. The molecule has 2 rings (SSSR count). The van der Waals surface area contributed by atoms with Gasteiger partial charge in [0.2, 0.25) is 0 Å². The first-order valence-corrected chi connectivity index (χ1v) is 8.46. The van der Waals surface area contributed by atoms with Crippen LogP contribution >= 0.6 is 11.8 Å². The molecule has 3 unspecified atom stereocenters. The number of ether oxygens (including phenoxy) is 2. The Morgan fingerprint density at radius 1 is 1.29 bits per heavy atom. The summed E-state index contributed by atoms with van der Waals surface area (Å²) in [7, 11) is 3.32. The van der Waals surface area contributed by atoms with Gasteiger partial charge in [-0.3, -0.25) is 4.90 Å². The number of thioether (sulfide) groups is 1. The van der Waals surface area contributed by atoms with E-state index >= 15 is 0 Å². The van der Waals surface area contributed by atoms with Crippen molar-refractivity contribution in [1.82, 2.24) is 4.90 Å². The van der Waals surface area contributed by atoms with E-state index in [0.29, 0.717) is 17.8 Å². The normalized spacial score (nSPS) is 24.6. The van der Waals surface area contributed by atoms with E-state index in [1.54, 1.807) is 14.2 Å². The molecule has 0 radical (unpaired) electrons. The molecule has 5 heteroatoms. The smallest absolute Gasteiger partial charge is 0.161 e. The van der Waals surface area contributed by atoms with Crippen molar-refractivity contribution in [2.75, 3.05) is 33.1 Å². The molecule has 0 bridgehead atoms. The molecule has 1 aliphatic heterocycles. The first-order chi connectivity index (χ1) is 10.1. The van der Waals surface area contributed by atoms with E-state index in [1.807, 2.05) is 17.8 Å². The molecule has 1 fully saturated rings. The third kappa shape index (κ3) is 3.47. The number of nitrogens with two attached hydrogens (primary N) is 1. The zero-order chi connectivity index (χ0) is 15.4. The van der Waals surface area contributed by atoms with Crippen LogP contribution in [0.25, 0.3) is 0 Å². The van der Waals surface area contributed by atoms with Gasteiger partial charge in [0, 0.05) is 36.2 Å². The summed E-state index contributed by atoms with van der Waals surface area (Å²) >= 11 is 2.04. The number of rotatable bonds is 5. The fourth-order valence-corrected chi connectivity index (χ4v) is 4.04. The summed E-state index contributed by atoms with van der Waals surface area (Å²) in [4.78, 5) is 2.52. The minimum atomic E-state index is 0.225. The van der Waals surface area contributed by atoms with Gasteiger partial charge in [-0.25, -0.2) is 0 Å². The van der Waals surface area contributed by atoms with Crippen molar-refractivity contribution in [3.05, 3.63) is 23.8 Å². The van der Waals surface area contributed by atoms with Crippen molar-refractivity contribution in [3.63, 3.8) is 0 Å². The zero-order valence-corrected chi connectivity index (χ0v) is 14.2. The van der Waals surface area contributed by atoms with E-state index in [2.05, 4.69) is 30.9 Å². The molecule has 0 aliphatic carbocycles. The Morgan fingerprint density at radius 2 is 2.00 bits per heavy atom. The second kappa shape index (κ2) is 7.38. The Bertz CT molecular complexity index is 470. The lowest BCUT2D eigenvalue weighted by molar-refractivity contribution is 0.150. The van der Waals surface area contributed by atoms with Crippen LogP contribution in [0.2, 0.25) is 0 Å². The molecule has 1 saturated heterocycles. The summed E-state index contributed by atoms with van der Waals surface area (Å²) in [5.41, 5.74) is 7.28. The highest BCUT2D eigenvalue weighted by Crippen LogP contribution is 2.35. The number of hydrogen-bond acceptors (Lipinski definition) is 5. The van der Waals surface area contributed by atoms with Gasteiger partial charge in [0.05, 0.1) is 14.2 Å². The molecule has 0 saturated carbocycles. The third-order valence-electron chi connectivity index (χ3n) is 4.35. The summed E-state index contributed by atoms with van der Waals surface area (Å²) in [5.74, 6) is 2.68. The molecular weight excluding hydrogens is 284 g/mol. The highest BCUT2D eigenvalue weighted by Gasteiger charge is 2.31. The maximum Gasteiger partial charge on any atom is 0.161 e. The second-order valence-corrected chi connectivity index (χ2v) is 6.91. The lowest BCUT2D eigenvalue weighted by atomic mass is 10.0. The van der Waals surface area contributed by atoms with Gasteiger partial charge < -0.3 is 15.2 Å². The van der Waals surface area contributed by atoms with Crippen LogP contribution in [0.1, 0.15) is 25.5 Å². The standard InChI is InChI=1S/C16H26N2O2S/c1-11-12(2)21-8-7-18(11)14(10-17)13-5-6-15(19-3)16(9-13)20-4/h5-6,9,11-12,14H,7-8,10,17H2,1-4H3. The Hall–Kier alpha value is -0.910. The molecule has 1 aromatic carbocycles. The lowest BCUT2D eigenvalue weighted by Crippen LogP contribution is -2.48. The molecule has 118 valence electrons. The van der Waals surface area contributed by atoms with Gasteiger partial charge in [0.15, 0.2) is 11.5 Å². The van der Waals surface area contributed by atoms with Crippen molar-refractivity contribution in [2.24, 2.45) is 5.73 Å². The van der Waals surface area contributed by atoms with E-state index in [1.165, 1.54) is 5.56 Å². The maximum atomic E-state index is 6.08. The van der Waals surface area contributed by atoms with Crippen molar-refractivity contribution in [2.45, 2.75) is 31.2 Å². The molecule has 2 N–H and O–H groups in total. The minimum Gasteiger partial charge on any atom is -0.493 e. The lowest BCUT2D eigenvalue weighted by Gasteiger charge is -2.42. The minimum absolute atomic E-state index is 0.225. The van der Waals surface area contributed by atoms with Crippen molar-refractivity contribution in [3.8, 4) is 11.5 Å². The first kappa shape index (κ1) is 16.5. The molecule has 21 heavy (non-hydrogen) atoms. The van der Waals surface area contributed by atoms with E-state index in [4.69, 9.17) is 15.2 Å².